The normalized spacial score (nSPS) is 13.2. The molecular formula is C13H19FN2O2. The number of nitrogen functional groups attached to an aromatic ring is 1. The van der Waals surface area contributed by atoms with E-state index >= 15 is 0 Å². The van der Waals surface area contributed by atoms with Gasteiger partial charge in [0.15, 0.2) is 0 Å². The molecule has 5 heteroatoms. The van der Waals surface area contributed by atoms with Gasteiger partial charge in [-0.3, -0.25) is 4.79 Å². The van der Waals surface area contributed by atoms with Crippen LogP contribution in [0, 0.1) is 5.82 Å². The van der Waals surface area contributed by atoms with Crippen LogP contribution in [0.2, 0.25) is 0 Å². The monoisotopic (exact) mass is 254 g/mol. The largest absolute Gasteiger partial charge is 0.399 e. The second-order valence-corrected chi connectivity index (χ2v) is 5.10. The number of benzene rings is 1. The van der Waals surface area contributed by atoms with Crippen LogP contribution in [0.15, 0.2) is 18.2 Å². The summed E-state index contributed by atoms with van der Waals surface area (Å²) in [5.74, 6) is -0.935. The van der Waals surface area contributed by atoms with Crippen LogP contribution >= 0.6 is 0 Å². The van der Waals surface area contributed by atoms with Crippen LogP contribution in [0.1, 0.15) is 27.7 Å². The fourth-order valence-electron chi connectivity index (χ4n) is 1.46. The maximum atomic E-state index is 13.4. The number of nitrogens with one attached hydrogen (secondary N) is 1. The molecular weight excluding hydrogens is 235 g/mol. The lowest BCUT2D eigenvalue weighted by Gasteiger charge is -2.24. The lowest BCUT2D eigenvalue weighted by molar-refractivity contribution is -0.135. The van der Waals surface area contributed by atoms with Gasteiger partial charge in [-0.15, -0.1) is 0 Å². The van der Waals surface area contributed by atoms with E-state index in [0.717, 1.165) is 0 Å². The van der Waals surface area contributed by atoms with Gasteiger partial charge in [0.2, 0.25) is 0 Å². The Morgan fingerprint density at radius 2 is 2.06 bits per heavy atom. The van der Waals surface area contributed by atoms with Gasteiger partial charge in [-0.2, -0.15) is 0 Å². The summed E-state index contributed by atoms with van der Waals surface area (Å²) in [7, 11) is 0. The van der Waals surface area contributed by atoms with E-state index in [1.807, 2.05) is 20.8 Å². The topological polar surface area (TPSA) is 64.3 Å². The Labute approximate surface area is 106 Å². The Morgan fingerprint density at radius 3 is 2.61 bits per heavy atom. The Hall–Kier alpha value is -1.62. The van der Waals surface area contributed by atoms with E-state index in [4.69, 9.17) is 10.5 Å². The van der Waals surface area contributed by atoms with Crippen molar-refractivity contribution in [1.82, 2.24) is 0 Å². The molecule has 1 aromatic rings. The summed E-state index contributed by atoms with van der Waals surface area (Å²) in [6.07, 6.45) is -0.675. The third-order valence-electron chi connectivity index (χ3n) is 2.15. The van der Waals surface area contributed by atoms with Crippen molar-refractivity contribution in [2.45, 2.75) is 39.4 Å². The van der Waals surface area contributed by atoms with Gasteiger partial charge < -0.3 is 15.8 Å². The summed E-state index contributed by atoms with van der Waals surface area (Å²) in [4.78, 5) is 11.8. The van der Waals surface area contributed by atoms with E-state index in [1.165, 1.54) is 18.2 Å². The maximum absolute atomic E-state index is 13.4. The average Bonchev–Trinajstić information content (AvgIpc) is 2.21. The standard InChI is InChI=1S/C13H19FN2O2/c1-8(18-13(2,3)4)12(17)16-11-7-9(15)5-6-10(11)14/h5-8H,15H2,1-4H3,(H,16,17). The minimum absolute atomic E-state index is 0.0596. The van der Waals surface area contributed by atoms with Gasteiger partial charge in [0, 0.05) is 5.69 Å². The zero-order chi connectivity index (χ0) is 13.9. The van der Waals surface area contributed by atoms with Crippen LogP contribution in [0.5, 0.6) is 0 Å². The van der Waals surface area contributed by atoms with Crippen molar-refractivity contribution >= 4 is 17.3 Å². The fraction of sp³-hybridized carbons (Fsp3) is 0.462. The van der Waals surface area contributed by atoms with Gasteiger partial charge in [-0.1, -0.05) is 0 Å². The van der Waals surface area contributed by atoms with E-state index in [9.17, 15) is 9.18 Å². The summed E-state index contributed by atoms with van der Waals surface area (Å²) < 4.78 is 18.9. The van der Waals surface area contributed by atoms with Crippen LogP contribution in [0.3, 0.4) is 0 Å². The van der Waals surface area contributed by atoms with Gasteiger partial charge in [0.25, 0.3) is 5.91 Å². The number of hydrogen-bond donors (Lipinski definition) is 2. The Kier molecular flexibility index (Phi) is 4.29. The molecule has 100 valence electrons. The zero-order valence-corrected chi connectivity index (χ0v) is 11.1. The molecule has 0 aliphatic heterocycles. The van der Waals surface area contributed by atoms with Crippen molar-refractivity contribution in [1.29, 1.82) is 0 Å². The van der Waals surface area contributed by atoms with Crippen LogP contribution in [0.4, 0.5) is 15.8 Å². The molecule has 0 aliphatic rings. The van der Waals surface area contributed by atoms with Crippen LogP contribution in [0.25, 0.3) is 0 Å². The number of carbonyl (C=O) groups excluding carboxylic acids is 1. The number of amides is 1. The van der Waals surface area contributed by atoms with Crippen LogP contribution < -0.4 is 11.1 Å². The molecule has 0 radical (unpaired) electrons. The second-order valence-electron chi connectivity index (χ2n) is 5.10. The predicted molar refractivity (Wildman–Crippen MR) is 69.7 cm³/mol. The maximum Gasteiger partial charge on any atom is 0.253 e. The molecule has 0 aliphatic carbocycles. The van der Waals surface area contributed by atoms with Crippen LogP contribution in [-0.2, 0) is 9.53 Å². The molecule has 0 bridgehead atoms. The molecule has 1 unspecified atom stereocenters. The van der Waals surface area contributed by atoms with E-state index < -0.39 is 23.4 Å². The highest BCUT2D eigenvalue weighted by molar-refractivity contribution is 5.94. The molecule has 0 fully saturated rings. The van der Waals surface area contributed by atoms with Crippen molar-refractivity contribution in [3.8, 4) is 0 Å². The SMILES string of the molecule is CC(OC(C)(C)C)C(=O)Nc1cc(N)ccc1F. The number of halogens is 1. The van der Waals surface area contributed by atoms with Gasteiger partial charge in [-0.05, 0) is 45.9 Å². The summed E-state index contributed by atoms with van der Waals surface area (Å²) in [6, 6.07) is 4.01. The van der Waals surface area contributed by atoms with Gasteiger partial charge >= 0.3 is 0 Å². The number of hydrogen-bond acceptors (Lipinski definition) is 3. The molecule has 0 spiro atoms. The molecule has 1 amide bonds. The number of carbonyl (C=O) groups is 1. The van der Waals surface area contributed by atoms with Crippen molar-refractivity contribution in [3.63, 3.8) is 0 Å². The predicted octanol–water partition coefficient (Wildman–Crippen LogP) is 2.55. The molecule has 1 atom stereocenters. The quantitative estimate of drug-likeness (QED) is 0.815. The van der Waals surface area contributed by atoms with Crippen molar-refractivity contribution in [2.24, 2.45) is 0 Å². The number of rotatable bonds is 3. The summed E-state index contributed by atoms with van der Waals surface area (Å²) in [5.41, 5.74) is 5.54. The van der Waals surface area contributed by atoms with E-state index in [2.05, 4.69) is 5.32 Å². The average molecular weight is 254 g/mol. The molecule has 1 rings (SSSR count). The molecule has 0 saturated heterocycles. The smallest absolute Gasteiger partial charge is 0.253 e. The Bertz CT molecular complexity index is 441. The Morgan fingerprint density at radius 1 is 1.44 bits per heavy atom. The molecule has 0 heterocycles. The summed E-state index contributed by atoms with van der Waals surface area (Å²) >= 11 is 0. The highest BCUT2D eigenvalue weighted by Crippen LogP contribution is 2.18. The first-order valence-electron chi connectivity index (χ1n) is 5.73. The lowest BCUT2D eigenvalue weighted by atomic mass is 10.2. The van der Waals surface area contributed by atoms with Gasteiger partial charge in [0.05, 0.1) is 11.3 Å². The molecule has 0 aromatic heterocycles. The second kappa shape index (κ2) is 5.35. The van der Waals surface area contributed by atoms with Crippen molar-refractivity contribution in [3.05, 3.63) is 24.0 Å². The van der Waals surface area contributed by atoms with Crippen molar-refractivity contribution < 1.29 is 13.9 Å². The summed E-state index contributed by atoms with van der Waals surface area (Å²) in [6.45, 7) is 7.15. The third kappa shape index (κ3) is 4.33. The minimum atomic E-state index is -0.675. The van der Waals surface area contributed by atoms with E-state index in [0.29, 0.717) is 5.69 Å². The minimum Gasteiger partial charge on any atom is -0.399 e. The summed E-state index contributed by atoms with van der Waals surface area (Å²) in [5, 5.41) is 2.45. The van der Waals surface area contributed by atoms with Crippen molar-refractivity contribution in [2.75, 3.05) is 11.1 Å². The van der Waals surface area contributed by atoms with Gasteiger partial charge in [-0.25, -0.2) is 4.39 Å². The third-order valence-corrected chi connectivity index (χ3v) is 2.15. The van der Waals surface area contributed by atoms with E-state index in [1.54, 1.807) is 6.92 Å². The number of ether oxygens (including phenoxy) is 1. The number of nitrogens with two attached hydrogens (primary N) is 1. The lowest BCUT2D eigenvalue weighted by Crippen LogP contribution is -2.34. The first-order chi connectivity index (χ1) is 8.19. The van der Waals surface area contributed by atoms with Gasteiger partial charge in [0.1, 0.15) is 11.9 Å². The first kappa shape index (κ1) is 14.4. The Balaban J connectivity index is 2.72. The fourth-order valence-corrected chi connectivity index (χ4v) is 1.46. The zero-order valence-electron chi connectivity index (χ0n) is 11.1. The van der Waals surface area contributed by atoms with E-state index in [-0.39, 0.29) is 5.69 Å². The number of anilines is 2. The molecule has 3 N–H and O–H groups in total. The highest BCUT2D eigenvalue weighted by Gasteiger charge is 2.21. The first-order valence-corrected chi connectivity index (χ1v) is 5.73. The van der Waals surface area contributed by atoms with Crippen LogP contribution in [-0.4, -0.2) is 17.6 Å². The highest BCUT2D eigenvalue weighted by atomic mass is 19.1. The molecule has 0 saturated carbocycles. The molecule has 1 aromatic carbocycles. The molecule has 4 nitrogen and oxygen atoms in total. The molecule has 18 heavy (non-hydrogen) atoms.